The number of aliphatic hydroxyl groups is 1. The Labute approximate surface area is 89.3 Å². The maximum Gasteiger partial charge on any atom is 0.269 e. The Kier molecular flexibility index (Phi) is 5.33. The lowest BCUT2D eigenvalue weighted by Gasteiger charge is -2.23. The Balaban J connectivity index is 4.77. The summed E-state index contributed by atoms with van der Waals surface area (Å²) in [6, 6.07) is 0. The van der Waals surface area contributed by atoms with E-state index >= 15 is 0 Å². The first-order valence-corrected chi connectivity index (χ1v) is 4.41. The van der Waals surface area contributed by atoms with Gasteiger partial charge in [0, 0.05) is 20.6 Å². The van der Waals surface area contributed by atoms with Crippen molar-refractivity contribution in [3.63, 3.8) is 0 Å². The molecule has 0 aromatic carbocycles. The molecule has 0 rings (SSSR count). The number of carbonyl (C=O) groups is 2. The van der Waals surface area contributed by atoms with E-state index in [1.54, 1.807) is 14.1 Å². The number of carbonyl (C=O) groups excluding carboxylic acids is 2. The lowest BCUT2D eigenvalue weighted by Crippen LogP contribution is -2.38. The van der Waals surface area contributed by atoms with E-state index in [1.807, 2.05) is 0 Å². The summed E-state index contributed by atoms with van der Waals surface area (Å²) in [5, 5.41) is 8.76. The van der Waals surface area contributed by atoms with E-state index in [-0.39, 0.29) is 24.8 Å². The maximum absolute atomic E-state index is 11.5. The Morgan fingerprint density at radius 3 is 2.27 bits per heavy atom. The van der Waals surface area contributed by atoms with Crippen LogP contribution >= 0.6 is 0 Å². The highest BCUT2D eigenvalue weighted by molar-refractivity contribution is 5.99. The molecule has 0 aliphatic carbocycles. The van der Waals surface area contributed by atoms with Gasteiger partial charge in [-0.1, -0.05) is 13.2 Å². The monoisotopic (exact) mass is 212 g/mol. The smallest absolute Gasteiger partial charge is 0.269 e. The third-order valence-corrected chi connectivity index (χ3v) is 1.74. The maximum atomic E-state index is 11.5. The number of hydrogen-bond donors (Lipinski definition) is 1. The Bertz CT molecular complexity index is 284. The van der Waals surface area contributed by atoms with E-state index in [1.165, 1.54) is 4.90 Å². The molecule has 0 aliphatic rings. The molecule has 0 saturated carbocycles. The van der Waals surface area contributed by atoms with Gasteiger partial charge in [-0.3, -0.25) is 9.59 Å². The van der Waals surface area contributed by atoms with Crippen molar-refractivity contribution in [1.29, 1.82) is 0 Å². The number of amides is 2. The lowest BCUT2D eigenvalue weighted by atomic mass is 10.3. The molecule has 84 valence electrons. The highest BCUT2D eigenvalue weighted by atomic mass is 16.3. The molecule has 2 amide bonds. The van der Waals surface area contributed by atoms with Gasteiger partial charge >= 0.3 is 0 Å². The third kappa shape index (κ3) is 3.55. The minimum Gasteiger partial charge on any atom is -0.395 e. The second kappa shape index (κ2) is 5.98. The highest BCUT2D eigenvalue weighted by Gasteiger charge is 2.20. The number of rotatable bonds is 5. The van der Waals surface area contributed by atoms with Crippen LogP contribution in [0.1, 0.15) is 0 Å². The van der Waals surface area contributed by atoms with Crippen LogP contribution in [0.25, 0.3) is 0 Å². The second-order valence-electron chi connectivity index (χ2n) is 3.06. The summed E-state index contributed by atoms with van der Waals surface area (Å²) < 4.78 is 0. The molecule has 5 heteroatoms. The van der Waals surface area contributed by atoms with Crippen molar-refractivity contribution in [2.75, 3.05) is 27.2 Å². The molecule has 0 aromatic heterocycles. The third-order valence-electron chi connectivity index (χ3n) is 1.74. The van der Waals surface area contributed by atoms with Gasteiger partial charge in [0.25, 0.3) is 11.8 Å². The van der Waals surface area contributed by atoms with Gasteiger partial charge in [0.1, 0.15) is 5.70 Å². The fourth-order valence-electron chi connectivity index (χ4n) is 0.962. The topological polar surface area (TPSA) is 60.9 Å². The van der Waals surface area contributed by atoms with Gasteiger partial charge in [-0.2, -0.15) is 0 Å². The predicted molar refractivity (Wildman–Crippen MR) is 56.8 cm³/mol. The van der Waals surface area contributed by atoms with Crippen molar-refractivity contribution >= 4 is 11.8 Å². The molecular formula is C10H16N2O3. The summed E-state index contributed by atoms with van der Waals surface area (Å²) in [6.45, 7) is 6.62. The fourth-order valence-corrected chi connectivity index (χ4v) is 0.962. The fraction of sp³-hybridized carbons (Fsp3) is 0.400. The summed E-state index contributed by atoms with van der Waals surface area (Å²) in [5.74, 6) is -0.831. The summed E-state index contributed by atoms with van der Waals surface area (Å²) in [7, 11) is 3.12. The average molecular weight is 212 g/mol. The molecule has 0 spiro atoms. The van der Waals surface area contributed by atoms with E-state index < -0.39 is 5.91 Å². The average Bonchev–Trinajstić information content (AvgIpc) is 2.22. The number of hydrogen-bond acceptors (Lipinski definition) is 3. The van der Waals surface area contributed by atoms with Crippen molar-refractivity contribution in [1.82, 2.24) is 9.80 Å². The Morgan fingerprint density at radius 1 is 1.40 bits per heavy atom. The normalized spacial score (nSPS) is 9.27. The molecule has 0 heterocycles. The van der Waals surface area contributed by atoms with Crippen LogP contribution in [0.3, 0.4) is 0 Å². The van der Waals surface area contributed by atoms with Gasteiger partial charge in [-0.25, -0.2) is 0 Å². The van der Waals surface area contributed by atoms with Crippen molar-refractivity contribution in [3.05, 3.63) is 24.9 Å². The van der Waals surface area contributed by atoms with E-state index in [9.17, 15) is 9.59 Å². The summed E-state index contributed by atoms with van der Waals surface area (Å²) in [4.78, 5) is 25.2. The molecular weight excluding hydrogens is 196 g/mol. The van der Waals surface area contributed by atoms with Gasteiger partial charge < -0.3 is 14.9 Å². The zero-order chi connectivity index (χ0) is 12.0. The Morgan fingerprint density at radius 2 is 1.93 bits per heavy atom. The van der Waals surface area contributed by atoms with Crippen LogP contribution in [0.5, 0.6) is 0 Å². The lowest BCUT2D eigenvalue weighted by molar-refractivity contribution is -0.132. The van der Waals surface area contributed by atoms with Gasteiger partial charge in [-0.05, 0) is 6.08 Å². The molecule has 0 aliphatic heterocycles. The molecule has 0 atom stereocenters. The zero-order valence-electron chi connectivity index (χ0n) is 9.06. The first-order chi connectivity index (χ1) is 6.95. The van der Waals surface area contributed by atoms with Crippen LogP contribution in [0.4, 0.5) is 0 Å². The standard InChI is InChI=1S/C10H16N2O3/c1-5-9(14)12(6-7-13)8(2)10(15)11(3)4/h5,13H,1-2,6-7H2,3-4H3. The van der Waals surface area contributed by atoms with Gasteiger partial charge in [0.15, 0.2) is 0 Å². The molecule has 5 nitrogen and oxygen atoms in total. The van der Waals surface area contributed by atoms with Crippen LogP contribution in [0.15, 0.2) is 24.9 Å². The number of aliphatic hydroxyl groups excluding tert-OH is 1. The van der Waals surface area contributed by atoms with Crippen LogP contribution in [0, 0.1) is 0 Å². The van der Waals surface area contributed by atoms with Crippen LogP contribution in [-0.2, 0) is 9.59 Å². The molecule has 0 bridgehead atoms. The molecule has 0 saturated heterocycles. The quantitative estimate of drug-likeness (QED) is 0.630. The van der Waals surface area contributed by atoms with Crippen molar-refractivity contribution in [3.8, 4) is 0 Å². The van der Waals surface area contributed by atoms with Crippen LogP contribution in [0.2, 0.25) is 0 Å². The van der Waals surface area contributed by atoms with Crippen LogP contribution in [-0.4, -0.2) is 54.0 Å². The first-order valence-electron chi connectivity index (χ1n) is 4.41. The van der Waals surface area contributed by atoms with Crippen molar-refractivity contribution < 1.29 is 14.7 Å². The molecule has 0 fully saturated rings. The molecule has 0 aromatic rings. The van der Waals surface area contributed by atoms with E-state index in [4.69, 9.17) is 5.11 Å². The Hall–Kier alpha value is -1.62. The molecule has 15 heavy (non-hydrogen) atoms. The second-order valence-corrected chi connectivity index (χ2v) is 3.06. The SMILES string of the molecule is C=CC(=O)N(CCO)C(=C)C(=O)N(C)C. The van der Waals surface area contributed by atoms with E-state index in [0.29, 0.717) is 0 Å². The summed E-state index contributed by atoms with van der Waals surface area (Å²) in [6.07, 6.45) is 1.07. The van der Waals surface area contributed by atoms with Gasteiger partial charge in [0.2, 0.25) is 0 Å². The predicted octanol–water partition coefficient (Wildman–Crippen LogP) is -0.405. The number of likely N-dealkylation sites (N-methyl/N-ethyl adjacent to an activating group) is 1. The van der Waals surface area contributed by atoms with Gasteiger partial charge in [0.05, 0.1) is 6.61 Å². The first kappa shape index (κ1) is 13.4. The molecule has 0 unspecified atom stereocenters. The largest absolute Gasteiger partial charge is 0.395 e. The zero-order valence-corrected chi connectivity index (χ0v) is 9.06. The van der Waals surface area contributed by atoms with Crippen molar-refractivity contribution in [2.24, 2.45) is 0 Å². The molecule has 0 radical (unpaired) electrons. The summed E-state index contributed by atoms with van der Waals surface area (Å²) in [5.41, 5.74) is 0.0268. The van der Waals surface area contributed by atoms with E-state index in [0.717, 1.165) is 11.0 Å². The summed E-state index contributed by atoms with van der Waals surface area (Å²) >= 11 is 0. The van der Waals surface area contributed by atoms with Crippen molar-refractivity contribution in [2.45, 2.75) is 0 Å². The minimum absolute atomic E-state index is 0.0268. The van der Waals surface area contributed by atoms with Crippen LogP contribution < -0.4 is 0 Å². The minimum atomic E-state index is -0.454. The highest BCUT2D eigenvalue weighted by Crippen LogP contribution is 2.05. The number of nitrogens with zero attached hydrogens (tertiary/aromatic N) is 2. The van der Waals surface area contributed by atoms with E-state index in [2.05, 4.69) is 13.2 Å². The molecule has 1 N–H and O–H groups in total. The van der Waals surface area contributed by atoms with Gasteiger partial charge in [-0.15, -0.1) is 0 Å².